The van der Waals surface area contributed by atoms with Crippen molar-refractivity contribution in [2.75, 3.05) is 18.9 Å². The molecule has 34 heavy (non-hydrogen) atoms. The van der Waals surface area contributed by atoms with Crippen molar-refractivity contribution in [3.05, 3.63) is 0 Å². The SMILES string of the molecule is CC(=O)[C@H](C)OCCCSC1CC(=O)N(C[C@H]2CC[C@H](C(=O)ON3C(=O)CCC3=O)CC2)C1=O. The van der Waals surface area contributed by atoms with Crippen LogP contribution in [0.5, 0.6) is 0 Å². The zero-order chi connectivity index (χ0) is 24.8. The molecule has 10 nitrogen and oxygen atoms in total. The van der Waals surface area contributed by atoms with E-state index in [4.69, 9.17) is 9.57 Å². The summed E-state index contributed by atoms with van der Waals surface area (Å²) in [5, 5.41) is 0.184. The van der Waals surface area contributed by atoms with Gasteiger partial charge in [-0.1, -0.05) is 0 Å². The Labute approximate surface area is 203 Å². The van der Waals surface area contributed by atoms with E-state index in [1.54, 1.807) is 6.92 Å². The molecule has 2 heterocycles. The van der Waals surface area contributed by atoms with Gasteiger partial charge in [-0.3, -0.25) is 28.9 Å². The van der Waals surface area contributed by atoms with Crippen LogP contribution < -0.4 is 0 Å². The van der Waals surface area contributed by atoms with E-state index in [1.807, 2.05) is 0 Å². The maximum absolute atomic E-state index is 12.7. The molecule has 0 radical (unpaired) electrons. The van der Waals surface area contributed by atoms with Crippen molar-refractivity contribution in [1.82, 2.24) is 9.96 Å². The largest absolute Gasteiger partial charge is 0.371 e. The van der Waals surface area contributed by atoms with E-state index < -0.39 is 29.8 Å². The first-order chi connectivity index (χ1) is 16.2. The number of ether oxygens (including phenoxy) is 1. The van der Waals surface area contributed by atoms with E-state index in [9.17, 15) is 28.8 Å². The van der Waals surface area contributed by atoms with E-state index in [-0.39, 0.29) is 48.0 Å². The molecule has 1 aliphatic carbocycles. The molecule has 3 rings (SSSR count). The first-order valence-electron chi connectivity index (χ1n) is 11.8. The van der Waals surface area contributed by atoms with Gasteiger partial charge in [-0.25, -0.2) is 4.79 Å². The summed E-state index contributed by atoms with van der Waals surface area (Å²) >= 11 is 1.44. The summed E-state index contributed by atoms with van der Waals surface area (Å²) in [6, 6.07) is 0. The molecule has 188 valence electrons. The van der Waals surface area contributed by atoms with Gasteiger partial charge in [-0.15, -0.1) is 16.8 Å². The highest BCUT2D eigenvalue weighted by atomic mass is 32.2. The van der Waals surface area contributed by atoms with Crippen molar-refractivity contribution in [2.24, 2.45) is 11.8 Å². The molecule has 0 N–H and O–H groups in total. The molecule has 0 aromatic rings. The zero-order valence-electron chi connectivity index (χ0n) is 19.7. The monoisotopic (exact) mass is 496 g/mol. The molecular formula is C23H32N2O8S. The summed E-state index contributed by atoms with van der Waals surface area (Å²) in [4.78, 5) is 78.3. The molecular weight excluding hydrogens is 464 g/mol. The lowest BCUT2D eigenvalue weighted by molar-refractivity contribution is -0.201. The van der Waals surface area contributed by atoms with Crippen LogP contribution in [0.4, 0.5) is 0 Å². The maximum Gasteiger partial charge on any atom is 0.336 e. The van der Waals surface area contributed by atoms with Gasteiger partial charge >= 0.3 is 5.97 Å². The number of hydrogen-bond donors (Lipinski definition) is 0. The second-order valence-corrected chi connectivity index (χ2v) is 10.4. The van der Waals surface area contributed by atoms with Crippen molar-refractivity contribution in [3.8, 4) is 0 Å². The fraction of sp³-hybridized carbons (Fsp3) is 0.739. The summed E-state index contributed by atoms with van der Waals surface area (Å²) in [6.45, 7) is 3.96. The number of carbonyl (C=O) groups is 6. The van der Waals surface area contributed by atoms with Crippen LogP contribution in [0.15, 0.2) is 0 Å². The number of imide groups is 2. The number of hydrogen-bond acceptors (Lipinski definition) is 9. The Morgan fingerprint density at radius 3 is 2.29 bits per heavy atom. The number of likely N-dealkylation sites (tertiary alicyclic amines) is 1. The Balaban J connectivity index is 1.37. The third kappa shape index (κ3) is 6.65. The lowest BCUT2D eigenvalue weighted by atomic mass is 9.82. The number of rotatable bonds is 11. The second kappa shape index (κ2) is 11.9. The average Bonchev–Trinajstić information content (AvgIpc) is 3.26. The number of amides is 4. The van der Waals surface area contributed by atoms with Gasteiger partial charge in [0.25, 0.3) is 11.8 Å². The number of carbonyl (C=O) groups excluding carboxylic acids is 6. The molecule has 11 heteroatoms. The van der Waals surface area contributed by atoms with E-state index in [1.165, 1.54) is 23.6 Å². The van der Waals surface area contributed by atoms with Gasteiger partial charge in [0.05, 0.1) is 11.2 Å². The molecule has 1 unspecified atom stereocenters. The summed E-state index contributed by atoms with van der Waals surface area (Å²) in [6.07, 6.45) is 2.91. The molecule has 2 saturated heterocycles. The quantitative estimate of drug-likeness (QED) is 0.310. The predicted octanol–water partition coefficient (Wildman–Crippen LogP) is 1.64. The van der Waals surface area contributed by atoms with Gasteiger partial charge in [0.15, 0.2) is 5.78 Å². The van der Waals surface area contributed by atoms with Crippen LogP contribution in [-0.2, 0) is 38.3 Å². The Hall–Kier alpha value is -2.27. The second-order valence-electron chi connectivity index (χ2n) is 9.09. The van der Waals surface area contributed by atoms with Gasteiger partial charge in [0.2, 0.25) is 11.8 Å². The van der Waals surface area contributed by atoms with E-state index in [0.29, 0.717) is 56.1 Å². The maximum atomic E-state index is 12.7. The Bertz CT molecular complexity index is 823. The normalized spacial score (nSPS) is 26.4. The lowest BCUT2D eigenvalue weighted by Gasteiger charge is -2.30. The molecule has 2 aliphatic heterocycles. The van der Waals surface area contributed by atoms with Crippen LogP contribution in [0.2, 0.25) is 0 Å². The number of nitrogens with zero attached hydrogens (tertiary/aromatic N) is 2. The number of ketones is 1. The smallest absolute Gasteiger partial charge is 0.336 e. The van der Waals surface area contributed by atoms with E-state index in [0.717, 1.165) is 0 Å². The molecule has 4 amide bonds. The number of hydroxylamine groups is 2. The van der Waals surface area contributed by atoms with E-state index >= 15 is 0 Å². The standard InChI is InChI=1S/C23H32N2O8S/c1-14(26)15(2)32-10-3-11-34-18-12-21(29)24(22(18)30)13-16-4-6-17(7-5-16)23(31)33-25-19(27)8-9-20(25)28/h15-18H,3-13H2,1-2H3/t15-,16-,17-,18?/m0/s1. The highest BCUT2D eigenvalue weighted by Gasteiger charge is 2.41. The van der Waals surface area contributed by atoms with Crippen molar-refractivity contribution >= 4 is 47.1 Å². The van der Waals surface area contributed by atoms with Gasteiger partial charge in [-0.2, -0.15) is 0 Å². The van der Waals surface area contributed by atoms with Gasteiger partial charge < -0.3 is 9.57 Å². The Morgan fingerprint density at radius 2 is 1.68 bits per heavy atom. The topological polar surface area (TPSA) is 127 Å². The Morgan fingerprint density at radius 1 is 1.03 bits per heavy atom. The zero-order valence-corrected chi connectivity index (χ0v) is 20.5. The highest BCUT2D eigenvalue weighted by Crippen LogP contribution is 2.33. The van der Waals surface area contributed by atoms with Crippen LogP contribution >= 0.6 is 11.8 Å². The minimum atomic E-state index is -0.575. The predicted molar refractivity (Wildman–Crippen MR) is 121 cm³/mol. The fourth-order valence-electron chi connectivity index (χ4n) is 4.30. The van der Waals surface area contributed by atoms with Gasteiger partial charge in [-0.05, 0) is 57.6 Å². The summed E-state index contributed by atoms with van der Waals surface area (Å²) in [5.74, 6) is -1.56. The lowest BCUT2D eigenvalue weighted by Crippen LogP contribution is -2.39. The van der Waals surface area contributed by atoms with Crippen molar-refractivity contribution in [2.45, 2.75) is 76.6 Å². The minimum Gasteiger partial charge on any atom is -0.371 e. The van der Waals surface area contributed by atoms with E-state index in [2.05, 4.69) is 0 Å². The average molecular weight is 497 g/mol. The van der Waals surface area contributed by atoms with Crippen LogP contribution in [0.1, 0.15) is 65.2 Å². The summed E-state index contributed by atoms with van der Waals surface area (Å²) in [5.41, 5.74) is 0. The molecule has 2 atom stereocenters. The first-order valence-corrected chi connectivity index (χ1v) is 12.9. The molecule has 0 bridgehead atoms. The molecule has 1 saturated carbocycles. The molecule has 3 fully saturated rings. The highest BCUT2D eigenvalue weighted by molar-refractivity contribution is 8.00. The fourth-order valence-corrected chi connectivity index (χ4v) is 5.40. The van der Waals surface area contributed by atoms with Crippen molar-refractivity contribution in [1.29, 1.82) is 0 Å². The minimum absolute atomic E-state index is 0.0254. The molecule has 0 spiro atoms. The van der Waals surface area contributed by atoms with Gasteiger partial charge in [0.1, 0.15) is 6.10 Å². The molecule has 0 aromatic heterocycles. The van der Waals surface area contributed by atoms with Crippen LogP contribution in [-0.4, -0.2) is 75.6 Å². The van der Waals surface area contributed by atoms with Crippen LogP contribution in [0.3, 0.4) is 0 Å². The molecule has 3 aliphatic rings. The first kappa shape index (κ1) is 26.3. The summed E-state index contributed by atoms with van der Waals surface area (Å²) < 4.78 is 5.42. The number of Topliss-reactive ketones (excluding diaryl/α,β-unsaturated/α-hetero) is 1. The Kier molecular flexibility index (Phi) is 9.24. The van der Waals surface area contributed by atoms with Crippen LogP contribution in [0, 0.1) is 11.8 Å². The van der Waals surface area contributed by atoms with Crippen molar-refractivity contribution in [3.63, 3.8) is 0 Å². The van der Waals surface area contributed by atoms with Crippen LogP contribution in [0.25, 0.3) is 0 Å². The van der Waals surface area contributed by atoms with Crippen molar-refractivity contribution < 1.29 is 38.3 Å². The van der Waals surface area contributed by atoms with Gasteiger partial charge in [0, 0.05) is 32.4 Å². The third-order valence-corrected chi connectivity index (χ3v) is 7.85. The third-order valence-electron chi connectivity index (χ3n) is 6.56. The number of thioether (sulfide) groups is 1. The molecule has 0 aromatic carbocycles. The summed E-state index contributed by atoms with van der Waals surface area (Å²) in [7, 11) is 0.